The lowest BCUT2D eigenvalue weighted by molar-refractivity contribution is -0.387. The second-order valence-electron chi connectivity index (χ2n) is 7.08. The highest BCUT2D eigenvalue weighted by molar-refractivity contribution is 7.99. The molecule has 0 fully saturated rings. The van der Waals surface area contributed by atoms with Crippen LogP contribution in [-0.4, -0.2) is 34.7 Å². The number of H-pyrrole nitrogens is 1. The second kappa shape index (κ2) is 9.85. The number of hydrogen-bond acceptors (Lipinski definition) is 8. The molecule has 0 aliphatic carbocycles. The SMILES string of the molecule is Cc1ccc(S(=O)(=O)N/N=C\c2ccc(Sc3n[nH]c(-c4ccccc4)n3)c([N+](=O)[O-])c2)cc1. The van der Waals surface area contributed by atoms with Crippen molar-refractivity contribution in [2.24, 2.45) is 5.10 Å². The van der Waals surface area contributed by atoms with Gasteiger partial charge in [-0.2, -0.15) is 13.5 Å². The molecule has 0 aliphatic heterocycles. The molecule has 1 heterocycles. The summed E-state index contributed by atoms with van der Waals surface area (Å²) in [5.74, 6) is 0.551. The summed E-state index contributed by atoms with van der Waals surface area (Å²) in [5.41, 5.74) is 1.94. The van der Waals surface area contributed by atoms with Crippen molar-refractivity contribution in [2.45, 2.75) is 21.9 Å². The van der Waals surface area contributed by atoms with Gasteiger partial charge in [0.25, 0.3) is 15.7 Å². The number of hydrazone groups is 1. The Balaban J connectivity index is 1.50. The molecule has 0 bridgehead atoms. The fourth-order valence-corrected chi connectivity index (χ4v) is 4.49. The number of nitrogens with one attached hydrogen (secondary N) is 2. The maximum atomic E-state index is 12.3. The average molecular weight is 495 g/mol. The van der Waals surface area contributed by atoms with E-state index < -0.39 is 14.9 Å². The number of aromatic nitrogens is 3. The third kappa shape index (κ3) is 5.47. The van der Waals surface area contributed by atoms with E-state index in [2.05, 4.69) is 25.1 Å². The lowest BCUT2D eigenvalue weighted by Crippen LogP contribution is -2.18. The van der Waals surface area contributed by atoms with Crippen LogP contribution in [0.1, 0.15) is 11.1 Å². The molecule has 2 N–H and O–H groups in total. The number of aryl methyl sites for hydroxylation is 1. The number of sulfonamides is 1. The van der Waals surface area contributed by atoms with E-state index in [0.717, 1.165) is 22.9 Å². The van der Waals surface area contributed by atoms with Crippen LogP contribution in [0.5, 0.6) is 0 Å². The smallest absolute Gasteiger partial charge is 0.258 e. The highest BCUT2D eigenvalue weighted by Crippen LogP contribution is 2.34. The van der Waals surface area contributed by atoms with Crippen molar-refractivity contribution in [1.29, 1.82) is 0 Å². The van der Waals surface area contributed by atoms with Crippen LogP contribution in [0, 0.1) is 17.0 Å². The summed E-state index contributed by atoms with van der Waals surface area (Å²) in [5, 5.41) is 22.6. The predicted octanol–water partition coefficient (Wildman–Crippen LogP) is 4.15. The Morgan fingerprint density at radius 3 is 2.53 bits per heavy atom. The summed E-state index contributed by atoms with van der Waals surface area (Å²) < 4.78 is 24.6. The van der Waals surface area contributed by atoms with E-state index in [9.17, 15) is 18.5 Å². The van der Waals surface area contributed by atoms with Crippen molar-refractivity contribution in [3.8, 4) is 11.4 Å². The van der Waals surface area contributed by atoms with Crippen LogP contribution >= 0.6 is 11.8 Å². The number of benzene rings is 3. The van der Waals surface area contributed by atoms with Gasteiger partial charge in [-0.15, -0.1) is 5.10 Å². The van der Waals surface area contributed by atoms with Crippen LogP contribution in [0.25, 0.3) is 11.4 Å². The number of rotatable bonds is 8. The fraction of sp³-hybridized carbons (Fsp3) is 0.0455. The van der Waals surface area contributed by atoms with Gasteiger partial charge in [-0.05, 0) is 36.9 Å². The van der Waals surface area contributed by atoms with E-state index in [-0.39, 0.29) is 10.6 Å². The molecule has 0 aliphatic rings. The van der Waals surface area contributed by atoms with Crippen LogP contribution in [0.4, 0.5) is 5.69 Å². The van der Waals surface area contributed by atoms with Gasteiger partial charge < -0.3 is 0 Å². The van der Waals surface area contributed by atoms with E-state index in [1.165, 1.54) is 30.5 Å². The molecule has 0 amide bonds. The van der Waals surface area contributed by atoms with E-state index in [1.54, 1.807) is 18.2 Å². The zero-order valence-electron chi connectivity index (χ0n) is 17.7. The minimum absolute atomic E-state index is 0.0642. The Morgan fingerprint density at radius 1 is 1.09 bits per heavy atom. The largest absolute Gasteiger partial charge is 0.283 e. The maximum Gasteiger partial charge on any atom is 0.283 e. The first kappa shape index (κ1) is 23.1. The molecule has 0 unspecified atom stereocenters. The van der Waals surface area contributed by atoms with Crippen LogP contribution in [0.3, 0.4) is 0 Å². The quantitative estimate of drug-likeness (QED) is 0.213. The van der Waals surface area contributed by atoms with E-state index in [1.807, 2.05) is 37.3 Å². The van der Waals surface area contributed by atoms with Crippen LogP contribution < -0.4 is 4.83 Å². The summed E-state index contributed by atoms with van der Waals surface area (Å²) in [6.45, 7) is 1.85. The van der Waals surface area contributed by atoms with Gasteiger partial charge in [-0.3, -0.25) is 15.2 Å². The fourth-order valence-electron chi connectivity index (χ4n) is 2.90. The Morgan fingerprint density at radius 2 is 1.82 bits per heavy atom. The molecule has 34 heavy (non-hydrogen) atoms. The Labute approximate surface area is 199 Å². The zero-order chi connectivity index (χ0) is 24.1. The van der Waals surface area contributed by atoms with Gasteiger partial charge in [-0.1, -0.05) is 54.1 Å². The van der Waals surface area contributed by atoms with Gasteiger partial charge in [0, 0.05) is 17.2 Å². The Bertz CT molecular complexity index is 1450. The lowest BCUT2D eigenvalue weighted by Gasteiger charge is -2.04. The van der Waals surface area contributed by atoms with E-state index in [4.69, 9.17) is 0 Å². The van der Waals surface area contributed by atoms with Crippen molar-refractivity contribution in [3.63, 3.8) is 0 Å². The highest BCUT2D eigenvalue weighted by Gasteiger charge is 2.18. The molecule has 4 aromatic rings. The lowest BCUT2D eigenvalue weighted by atomic mass is 10.2. The van der Waals surface area contributed by atoms with Gasteiger partial charge in [0.1, 0.15) is 0 Å². The molecule has 0 atom stereocenters. The molecule has 0 saturated carbocycles. The highest BCUT2D eigenvalue weighted by atomic mass is 32.2. The van der Waals surface area contributed by atoms with Crippen molar-refractivity contribution in [3.05, 3.63) is 94.0 Å². The van der Waals surface area contributed by atoms with Gasteiger partial charge in [0.2, 0.25) is 5.16 Å². The Kier molecular flexibility index (Phi) is 6.70. The minimum Gasteiger partial charge on any atom is -0.258 e. The normalized spacial score (nSPS) is 11.6. The van der Waals surface area contributed by atoms with Gasteiger partial charge >= 0.3 is 0 Å². The van der Waals surface area contributed by atoms with Crippen molar-refractivity contribution in [2.75, 3.05) is 0 Å². The van der Waals surface area contributed by atoms with Gasteiger partial charge in [-0.25, -0.2) is 9.82 Å². The van der Waals surface area contributed by atoms with Gasteiger partial charge in [0.15, 0.2) is 5.82 Å². The van der Waals surface area contributed by atoms with Gasteiger partial charge in [0.05, 0.1) is 20.9 Å². The molecule has 1 aromatic heterocycles. The summed E-state index contributed by atoms with van der Waals surface area (Å²) in [6, 6.07) is 20.1. The van der Waals surface area contributed by atoms with Crippen molar-refractivity contribution < 1.29 is 13.3 Å². The molecule has 0 saturated heterocycles. The van der Waals surface area contributed by atoms with E-state index >= 15 is 0 Å². The average Bonchev–Trinajstić information content (AvgIpc) is 3.29. The topological polar surface area (TPSA) is 143 Å². The third-order valence-electron chi connectivity index (χ3n) is 4.61. The summed E-state index contributed by atoms with van der Waals surface area (Å²) >= 11 is 1.04. The first-order valence-corrected chi connectivity index (χ1v) is 12.2. The molecule has 10 nitrogen and oxygen atoms in total. The number of nitrogens with zero attached hydrogens (tertiary/aromatic N) is 4. The second-order valence-corrected chi connectivity index (χ2v) is 9.75. The molecule has 3 aromatic carbocycles. The number of aromatic amines is 1. The zero-order valence-corrected chi connectivity index (χ0v) is 19.4. The first-order chi connectivity index (χ1) is 16.3. The molecular formula is C22H18N6O4S2. The standard InChI is InChI=1S/C22H18N6O4S2/c1-15-7-10-18(11-8-15)34(31,32)27-23-14-16-9-12-20(19(13-16)28(29)30)33-22-24-21(25-26-22)17-5-3-2-4-6-17/h2-14,27H,1H3,(H,24,25,26)/b23-14-. The molecular weight excluding hydrogens is 476 g/mol. The number of nitro benzene ring substituents is 1. The third-order valence-corrected chi connectivity index (χ3v) is 6.78. The maximum absolute atomic E-state index is 12.3. The molecule has 0 spiro atoms. The van der Waals surface area contributed by atoms with Crippen LogP contribution in [0.15, 0.2) is 92.8 Å². The summed E-state index contributed by atoms with van der Waals surface area (Å²) in [7, 11) is -3.85. The van der Waals surface area contributed by atoms with Crippen LogP contribution in [-0.2, 0) is 10.0 Å². The van der Waals surface area contributed by atoms with Crippen molar-refractivity contribution in [1.82, 2.24) is 20.0 Å². The molecule has 4 rings (SSSR count). The molecule has 0 radical (unpaired) electrons. The minimum atomic E-state index is -3.85. The summed E-state index contributed by atoms with van der Waals surface area (Å²) in [6.07, 6.45) is 1.20. The Hall–Kier alpha value is -4.03. The first-order valence-electron chi connectivity index (χ1n) is 9.87. The number of hydrogen-bond donors (Lipinski definition) is 2. The van der Waals surface area contributed by atoms with E-state index in [0.29, 0.717) is 21.4 Å². The molecule has 12 heteroatoms. The predicted molar refractivity (Wildman–Crippen MR) is 128 cm³/mol. The van der Waals surface area contributed by atoms with Crippen molar-refractivity contribution >= 4 is 33.7 Å². The number of nitro groups is 1. The van der Waals surface area contributed by atoms with Crippen LogP contribution in [0.2, 0.25) is 0 Å². The summed E-state index contributed by atoms with van der Waals surface area (Å²) in [4.78, 5) is 18.0. The molecule has 172 valence electrons. The monoisotopic (exact) mass is 494 g/mol.